The molecule has 0 unspecified atom stereocenters. The van der Waals surface area contributed by atoms with E-state index in [-0.39, 0.29) is 31.7 Å². The van der Waals surface area contributed by atoms with Crippen LogP contribution in [0.3, 0.4) is 0 Å². The number of nitrogens with zero attached hydrogens (tertiary/aromatic N) is 1. The molecule has 1 amide bonds. The Balaban J connectivity index is 2.27. The highest BCUT2D eigenvalue weighted by Crippen LogP contribution is 2.30. The van der Waals surface area contributed by atoms with Gasteiger partial charge in [-0.2, -0.15) is 13.2 Å². The maximum absolute atomic E-state index is 13.6. The lowest BCUT2D eigenvalue weighted by Crippen LogP contribution is -2.39. The van der Waals surface area contributed by atoms with Crippen molar-refractivity contribution in [3.63, 3.8) is 0 Å². The zero-order valence-electron chi connectivity index (χ0n) is 10.3. The maximum atomic E-state index is 13.6. The average Bonchev–Trinajstić information content (AvgIpc) is 2.38. The van der Waals surface area contributed by atoms with Gasteiger partial charge in [0.05, 0.1) is 11.1 Å². The predicted octanol–water partition coefficient (Wildman–Crippen LogP) is 2.65. The molecule has 0 aromatic heterocycles. The topological polar surface area (TPSA) is 37.4 Å². The second-order valence-electron chi connectivity index (χ2n) is 4.52. The molecule has 0 saturated carbocycles. The lowest BCUT2D eigenvalue weighted by Gasteiger charge is -2.26. The first kappa shape index (κ1) is 14.5. The molecular formula is C13H11F4NO2. The number of alkyl halides is 3. The van der Waals surface area contributed by atoms with Crippen molar-refractivity contribution in [2.45, 2.75) is 19.0 Å². The minimum Gasteiger partial charge on any atom is -0.338 e. The van der Waals surface area contributed by atoms with Crippen molar-refractivity contribution in [3.05, 3.63) is 35.1 Å². The summed E-state index contributed by atoms with van der Waals surface area (Å²) in [5, 5.41) is 0. The summed E-state index contributed by atoms with van der Waals surface area (Å²) in [6.07, 6.45) is -4.35. The summed E-state index contributed by atoms with van der Waals surface area (Å²) in [6, 6.07) is 1.73. The van der Waals surface area contributed by atoms with Crippen LogP contribution in [0.2, 0.25) is 0 Å². The molecule has 1 aliphatic heterocycles. The first-order chi connectivity index (χ1) is 9.29. The number of halogens is 4. The smallest absolute Gasteiger partial charge is 0.338 e. The van der Waals surface area contributed by atoms with Crippen LogP contribution in [0.1, 0.15) is 28.8 Å². The van der Waals surface area contributed by atoms with Crippen molar-refractivity contribution in [2.24, 2.45) is 0 Å². The Morgan fingerprint density at radius 2 is 1.75 bits per heavy atom. The van der Waals surface area contributed by atoms with Crippen LogP contribution in [0.5, 0.6) is 0 Å². The summed E-state index contributed by atoms with van der Waals surface area (Å²) in [5.74, 6) is -1.83. The molecule has 0 spiro atoms. The molecule has 0 N–H and O–H groups in total. The molecule has 1 saturated heterocycles. The second-order valence-corrected chi connectivity index (χ2v) is 4.52. The number of hydrogen-bond acceptors (Lipinski definition) is 2. The highest BCUT2D eigenvalue weighted by molar-refractivity contribution is 5.95. The van der Waals surface area contributed by atoms with Gasteiger partial charge in [-0.3, -0.25) is 9.59 Å². The predicted molar refractivity (Wildman–Crippen MR) is 61.5 cm³/mol. The number of carbonyl (C=O) groups is 2. The fourth-order valence-corrected chi connectivity index (χ4v) is 2.00. The minimum absolute atomic E-state index is 0.0152. The van der Waals surface area contributed by atoms with Crippen LogP contribution in [0.4, 0.5) is 17.6 Å². The van der Waals surface area contributed by atoms with Crippen molar-refractivity contribution < 1.29 is 27.2 Å². The van der Waals surface area contributed by atoms with Crippen molar-refractivity contribution in [1.29, 1.82) is 0 Å². The molecule has 1 fully saturated rings. The third-order valence-corrected chi connectivity index (χ3v) is 3.13. The fraction of sp³-hybridized carbons (Fsp3) is 0.385. The van der Waals surface area contributed by atoms with E-state index < -0.39 is 29.0 Å². The van der Waals surface area contributed by atoms with Gasteiger partial charge in [0.25, 0.3) is 5.91 Å². The third kappa shape index (κ3) is 2.97. The molecule has 0 bridgehead atoms. The van der Waals surface area contributed by atoms with Crippen molar-refractivity contribution in [1.82, 2.24) is 4.90 Å². The van der Waals surface area contributed by atoms with E-state index in [1.165, 1.54) is 4.90 Å². The highest BCUT2D eigenvalue weighted by Gasteiger charge is 2.33. The van der Waals surface area contributed by atoms with E-state index in [1.807, 2.05) is 0 Å². The average molecular weight is 289 g/mol. The number of benzene rings is 1. The van der Waals surface area contributed by atoms with Crippen LogP contribution in [-0.4, -0.2) is 29.7 Å². The third-order valence-electron chi connectivity index (χ3n) is 3.13. The lowest BCUT2D eigenvalue weighted by atomic mass is 10.1. The number of piperidine rings is 1. The van der Waals surface area contributed by atoms with Gasteiger partial charge in [-0.15, -0.1) is 0 Å². The Labute approximate surface area is 112 Å². The van der Waals surface area contributed by atoms with E-state index in [2.05, 4.69) is 0 Å². The molecule has 108 valence electrons. The molecule has 0 radical (unpaired) electrons. The minimum atomic E-state index is -4.64. The zero-order valence-corrected chi connectivity index (χ0v) is 10.3. The Morgan fingerprint density at radius 3 is 2.30 bits per heavy atom. The van der Waals surface area contributed by atoms with Crippen LogP contribution >= 0.6 is 0 Å². The van der Waals surface area contributed by atoms with E-state index >= 15 is 0 Å². The normalized spacial score (nSPS) is 16.4. The van der Waals surface area contributed by atoms with E-state index in [4.69, 9.17) is 0 Å². The molecule has 1 aliphatic rings. The van der Waals surface area contributed by atoms with Gasteiger partial charge in [0.2, 0.25) is 0 Å². The van der Waals surface area contributed by atoms with Crippen LogP contribution in [0.15, 0.2) is 18.2 Å². The first-order valence-corrected chi connectivity index (χ1v) is 5.97. The number of amides is 1. The standard InChI is InChI=1S/C13H11F4NO2/c14-11-2-1-8(13(15,16)17)7-10(11)12(20)18-5-3-9(19)4-6-18/h1-2,7H,3-6H2. The summed E-state index contributed by atoms with van der Waals surface area (Å²) < 4.78 is 51.3. The summed E-state index contributed by atoms with van der Waals surface area (Å²) in [4.78, 5) is 24.3. The largest absolute Gasteiger partial charge is 0.416 e. The van der Waals surface area contributed by atoms with Crippen LogP contribution in [0, 0.1) is 5.82 Å². The molecular weight excluding hydrogens is 278 g/mol. The van der Waals surface area contributed by atoms with Gasteiger partial charge in [-0.25, -0.2) is 4.39 Å². The number of Topliss-reactive ketones (excluding diaryl/α,β-unsaturated/α-hetero) is 1. The van der Waals surface area contributed by atoms with E-state index in [0.29, 0.717) is 18.2 Å². The second kappa shape index (κ2) is 5.22. The quantitative estimate of drug-likeness (QED) is 0.745. The van der Waals surface area contributed by atoms with Gasteiger partial charge in [0.15, 0.2) is 0 Å². The number of ketones is 1. The van der Waals surface area contributed by atoms with Crippen LogP contribution < -0.4 is 0 Å². The first-order valence-electron chi connectivity index (χ1n) is 5.97. The number of rotatable bonds is 1. The highest BCUT2D eigenvalue weighted by atomic mass is 19.4. The van der Waals surface area contributed by atoms with Crippen LogP contribution in [0.25, 0.3) is 0 Å². The Kier molecular flexibility index (Phi) is 3.78. The molecule has 20 heavy (non-hydrogen) atoms. The molecule has 1 aromatic rings. The SMILES string of the molecule is O=C1CCN(C(=O)c2cc(C(F)(F)F)ccc2F)CC1. The van der Waals surface area contributed by atoms with Gasteiger partial charge < -0.3 is 4.90 Å². The zero-order chi connectivity index (χ0) is 14.9. The summed E-state index contributed by atoms with van der Waals surface area (Å²) in [6.45, 7) is 0.209. The van der Waals surface area contributed by atoms with Gasteiger partial charge in [-0.05, 0) is 18.2 Å². The molecule has 7 heteroatoms. The fourth-order valence-electron chi connectivity index (χ4n) is 2.00. The Morgan fingerprint density at radius 1 is 1.15 bits per heavy atom. The van der Waals surface area contributed by atoms with Gasteiger partial charge in [0, 0.05) is 25.9 Å². The molecule has 2 rings (SSSR count). The van der Waals surface area contributed by atoms with Crippen LogP contribution in [-0.2, 0) is 11.0 Å². The van der Waals surface area contributed by atoms with Crippen molar-refractivity contribution in [2.75, 3.05) is 13.1 Å². The van der Waals surface area contributed by atoms with Gasteiger partial charge in [-0.1, -0.05) is 0 Å². The van der Waals surface area contributed by atoms with Gasteiger partial charge in [0.1, 0.15) is 11.6 Å². The molecule has 0 atom stereocenters. The van der Waals surface area contributed by atoms with Crippen molar-refractivity contribution >= 4 is 11.7 Å². The van der Waals surface area contributed by atoms with Gasteiger partial charge >= 0.3 is 6.18 Å². The number of hydrogen-bond donors (Lipinski definition) is 0. The molecule has 3 nitrogen and oxygen atoms in total. The number of likely N-dealkylation sites (tertiary alicyclic amines) is 1. The van der Waals surface area contributed by atoms with E-state index in [0.717, 1.165) is 0 Å². The van der Waals surface area contributed by atoms with E-state index in [1.54, 1.807) is 0 Å². The maximum Gasteiger partial charge on any atom is 0.416 e. The number of carbonyl (C=O) groups excluding carboxylic acids is 2. The molecule has 1 aromatic carbocycles. The molecule has 1 heterocycles. The van der Waals surface area contributed by atoms with Crippen molar-refractivity contribution in [3.8, 4) is 0 Å². The summed E-state index contributed by atoms with van der Waals surface area (Å²) in [5.41, 5.74) is -1.69. The lowest BCUT2D eigenvalue weighted by molar-refractivity contribution is -0.137. The summed E-state index contributed by atoms with van der Waals surface area (Å²) >= 11 is 0. The Hall–Kier alpha value is -1.92. The Bertz CT molecular complexity index is 544. The van der Waals surface area contributed by atoms with E-state index in [9.17, 15) is 27.2 Å². The summed E-state index contributed by atoms with van der Waals surface area (Å²) in [7, 11) is 0. The monoisotopic (exact) mass is 289 g/mol. The molecule has 0 aliphatic carbocycles.